The fraction of sp³-hybridized carbons (Fsp3) is 0.900. The van der Waals surface area contributed by atoms with Crippen LogP contribution in [0.4, 0.5) is 0 Å². The number of carbonyl (C=O) groups excluding carboxylic acids is 1. The topological polar surface area (TPSA) is 81.1 Å². The monoisotopic (exact) mass is 201 g/mol. The van der Waals surface area contributed by atoms with Gasteiger partial charge in [-0.1, -0.05) is 13.8 Å². The smallest absolute Gasteiger partial charge is 0.240 e. The first kappa shape index (κ1) is 13.4. The summed E-state index contributed by atoms with van der Waals surface area (Å²) in [7, 11) is 0. The lowest BCUT2D eigenvalue weighted by Gasteiger charge is -2.32. The average molecular weight is 201 g/mol. The minimum Gasteiger partial charge on any atom is -0.348 e. The van der Waals surface area contributed by atoms with Gasteiger partial charge in [-0.25, -0.2) is 0 Å². The van der Waals surface area contributed by atoms with Gasteiger partial charge in [0.15, 0.2) is 0 Å². The van der Waals surface area contributed by atoms with Crippen molar-refractivity contribution in [1.29, 1.82) is 0 Å². The molecule has 0 atom stereocenters. The van der Waals surface area contributed by atoms with Crippen LogP contribution in [0.15, 0.2) is 0 Å². The zero-order valence-electron chi connectivity index (χ0n) is 9.68. The summed E-state index contributed by atoms with van der Waals surface area (Å²) in [6.45, 7) is 8.01. The molecule has 4 nitrogen and oxygen atoms in total. The molecular formula is C10H23N3O. The highest BCUT2D eigenvalue weighted by Gasteiger charge is 2.32. The number of hydrogen-bond donors (Lipinski definition) is 3. The van der Waals surface area contributed by atoms with Crippen LogP contribution >= 0.6 is 0 Å². The van der Waals surface area contributed by atoms with Crippen molar-refractivity contribution in [1.82, 2.24) is 5.32 Å². The molecule has 0 saturated carbocycles. The SMILES string of the molecule is CCC(N)(CC)C(=O)NC(C)(C)CN. The molecule has 0 radical (unpaired) electrons. The van der Waals surface area contributed by atoms with Crippen molar-refractivity contribution >= 4 is 5.91 Å². The van der Waals surface area contributed by atoms with Gasteiger partial charge in [0.25, 0.3) is 0 Å². The summed E-state index contributed by atoms with van der Waals surface area (Å²) in [5, 5.41) is 2.86. The zero-order chi connectivity index (χ0) is 11.4. The third-order valence-corrected chi connectivity index (χ3v) is 2.68. The number of nitrogens with two attached hydrogens (primary N) is 2. The Morgan fingerprint density at radius 2 is 1.71 bits per heavy atom. The van der Waals surface area contributed by atoms with Crippen LogP contribution in [0, 0.1) is 0 Å². The number of rotatable bonds is 5. The molecule has 0 aromatic rings. The van der Waals surface area contributed by atoms with E-state index in [1.54, 1.807) is 0 Å². The van der Waals surface area contributed by atoms with Crippen LogP contribution in [-0.2, 0) is 4.79 Å². The van der Waals surface area contributed by atoms with E-state index in [1.807, 2.05) is 27.7 Å². The van der Waals surface area contributed by atoms with Crippen molar-refractivity contribution < 1.29 is 4.79 Å². The highest BCUT2D eigenvalue weighted by atomic mass is 16.2. The molecule has 0 aliphatic heterocycles. The Labute approximate surface area is 86.4 Å². The van der Waals surface area contributed by atoms with E-state index >= 15 is 0 Å². The Kier molecular flexibility index (Phi) is 4.55. The second kappa shape index (κ2) is 4.75. The minimum absolute atomic E-state index is 0.113. The predicted molar refractivity (Wildman–Crippen MR) is 58.8 cm³/mol. The lowest BCUT2D eigenvalue weighted by atomic mass is 9.91. The molecule has 0 spiro atoms. The standard InChI is InChI=1S/C10H23N3O/c1-5-10(12,6-2)8(14)13-9(3,4)7-11/h5-7,11-12H2,1-4H3,(H,13,14). The van der Waals surface area contributed by atoms with Crippen LogP contribution in [-0.4, -0.2) is 23.5 Å². The van der Waals surface area contributed by atoms with E-state index in [2.05, 4.69) is 5.32 Å². The van der Waals surface area contributed by atoms with Gasteiger partial charge in [0.05, 0.1) is 5.54 Å². The summed E-state index contributed by atoms with van der Waals surface area (Å²) in [6.07, 6.45) is 1.27. The van der Waals surface area contributed by atoms with Gasteiger partial charge < -0.3 is 16.8 Å². The van der Waals surface area contributed by atoms with E-state index in [0.29, 0.717) is 19.4 Å². The van der Waals surface area contributed by atoms with Crippen LogP contribution in [0.1, 0.15) is 40.5 Å². The fourth-order valence-corrected chi connectivity index (χ4v) is 1.05. The largest absolute Gasteiger partial charge is 0.348 e. The lowest BCUT2D eigenvalue weighted by Crippen LogP contribution is -2.60. The maximum atomic E-state index is 11.8. The van der Waals surface area contributed by atoms with Gasteiger partial charge in [-0.15, -0.1) is 0 Å². The van der Waals surface area contributed by atoms with Crippen molar-refractivity contribution in [3.05, 3.63) is 0 Å². The second-order valence-electron chi connectivity index (χ2n) is 4.41. The molecule has 0 aliphatic rings. The van der Waals surface area contributed by atoms with Crippen LogP contribution in [0.25, 0.3) is 0 Å². The maximum Gasteiger partial charge on any atom is 0.240 e. The second-order valence-corrected chi connectivity index (χ2v) is 4.41. The average Bonchev–Trinajstić information content (AvgIpc) is 2.16. The van der Waals surface area contributed by atoms with Gasteiger partial charge in [-0.2, -0.15) is 0 Å². The number of nitrogens with one attached hydrogen (secondary N) is 1. The van der Waals surface area contributed by atoms with Crippen molar-refractivity contribution in [2.45, 2.75) is 51.6 Å². The number of hydrogen-bond acceptors (Lipinski definition) is 3. The first-order chi connectivity index (χ1) is 6.31. The summed E-state index contributed by atoms with van der Waals surface area (Å²) in [5.41, 5.74) is 10.3. The normalized spacial score (nSPS) is 12.7. The summed E-state index contributed by atoms with van der Waals surface area (Å²) in [4.78, 5) is 11.8. The maximum absolute atomic E-state index is 11.8. The first-order valence-corrected chi connectivity index (χ1v) is 5.13. The lowest BCUT2D eigenvalue weighted by molar-refractivity contribution is -0.128. The molecule has 0 heterocycles. The van der Waals surface area contributed by atoms with Gasteiger partial charge >= 0.3 is 0 Å². The molecule has 0 aromatic heterocycles. The van der Waals surface area contributed by atoms with Crippen molar-refractivity contribution in [3.63, 3.8) is 0 Å². The molecule has 0 saturated heterocycles. The van der Waals surface area contributed by atoms with Gasteiger partial charge in [0.1, 0.15) is 0 Å². The Balaban J connectivity index is 4.48. The van der Waals surface area contributed by atoms with E-state index in [9.17, 15) is 4.79 Å². The van der Waals surface area contributed by atoms with E-state index in [0.717, 1.165) is 0 Å². The van der Waals surface area contributed by atoms with Crippen LogP contribution in [0.5, 0.6) is 0 Å². The van der Waals surface area contributed by atoms with Crippen molar-refractivity contribution in [2.75, 3.05) is 6.54 Å². The molecule has 0 unspecified atom stereocenters. The van der Waals surface area contributed by atoms with Crippen LogP contribution in [0.3, 0.4) is 0 Å². The molecule has 84 valence electrons. The molecule has 0 fully saturated rings. The van der Waals surface area contributed by atoms with Gasteiger partial charge in [0.2, 0.25) is 5.91 Å². The molecule has 0 bridgehead atoms. The highest BCUT2D eigenvalue weighted by molar-refractivity contribution is 5.86. The Morgan fingerprint density at radius 3 is 2.00 bits per heavy atom. The molecule has 1 amide bonds. The summed E-state index contributed by atoms with van der Waals surface area (Å²) in [5.74, 6) is -0.113. The molecule has 14 heavy (non-hydrogen) atoms. The predicted octanol–water partition coefficient (Wildman–Crippen LogP) is 0.357. The highest BCUT2D eigenvalue weighted by Crippen LogP contribution is 2.13. The summed E-state index contributed by atoms with van der Waals surface area (Å²) in [6, 6.07) is 0. The molecule has 0 rings (SSSR count). The third kappa shape index (κ3) is 3.27. The van der Waals surface area contributed by atoms with Crippen molar-refractivity contribution in [2.24, 2.45) is 11.5 Å². The molecule has 4 heteroatoms. The quantitative estimate of drug-likeness (QED) is 0.600. The fourth-order valence-electron chi connectivity index (χ4n) is 1.05. The summed E-state index contributed by atoms with van der Waals surface area (Å²) >= 11 is 0. The number of amides is 1. The Hall–Kier alpha value is -0.610. The van der Waals surface area contributed by atoms with Gasteiger partial charge in [-0.3, -0.25) is 4.79 Å². The minimum atomic E-state index is -0.757. The molecule has 0 aromatic carbocycles. The van der Waals surface area contributed by atoms with Gasteiger partial charge in [0, 0.05) is 12.1 Å². The van der Waals surface area contributed by atoms with E-state index in [1.165, 1.54) is 0 Å². The third-order valence-electron chi connectivity index (χ3n) is 2.68. The van der Waals surface area contributed by atoms with E-state index in [4.69, 9.17) is 11.5 Å². The Morgan fingerprint density at radius 1 is 1.29 bits per heavy atom. The van der Waals surface area contributed by atoms with Crippen molar-refractivity contribution in [3.8, 4) is 0 Å². The van der Waals surface area contributed by atoms with Crippen LogP contribution < -0.4 is 16.8 Å². The number of carbonyl (C=O) groups is 1. The van der Waals surface area contributed by atoms with Crippen LogP contribution in [0.2, 0.25) is 0 Å². The Bertz CT molecular complexity index is 198. The molecular weight excluding hydrogens is 178 g/mol. The van der Waals surface area contributed by atoms with E-state index in [-0.39, 0.29) is 11.4 Å². The molecule has 0 aliphatic carbocycles. The zero-order valence-corrected chi connectivity index (χ0v) is 9.68. The molecule has 5 N–H and O–H groups in total. The van der Waals surface area contributed by atoms with Gasteiger partial charge in [-0.05, 0) is 26.7 Å². The summed E-state index contributed by atoms with van der Waals surface area (Å²) < 4.78 is 0. The van der Waals surface area contributed by atoms with E-state index < -0.39 is 5.54 Å². The first-order valence-electron chi connectivity index (χ1n) is 5.13.